The summed E-state index contributed by atoms with van der Waals surface area (Å²) in [6.45, 7) is 6.30. The van der Waals surface area contributed by atoms with Gasteiger partial charge in [-0.15, -0.1) is 0 Å². The Labute approximate surface area is 102 Å². The number of anilines is 1. The maximum Gasteiger partial charge on any atom is 0.125 e. The normalized spacial score (nSPS) is 23.8. The van der Waals surface area contributed by atoms with Crippen molar-refractivity contribution < 1.29 is 9.50 Å². The highest BCUT2D eigenvalue weighted by Crippen LogP contribution is 2.36. The minimum atomic E-state index is -0.201. The van der Waals surface area contributed by atoms with Gasteiger partial charge in [0, 0.05) is 31.3 Å². The Morgan fingerprint density at radius 2 is 2.24 bits per heavy atom. The van der Waals surface area contributed by atoms with Crippen molar-refractivity contribution in [3.8, 4) is 0 Å². The van der Waals surface area contributed by atoms with Crippen LogP contribution in [0.4, 0.5) is 10.1 Å². The number of halogens is 1. The van der Waals surface area contributed by atoms with Crippen LogP contribution in [0.25, 0.3) is 0 Å². The molecule has 1 N–H and O–H groups in total. The molecule has 1 aromatic carbocycles. The van der Waals surface area contributed by atoms with Crippen molar-refractivity contribution in [1.82, 2.24) is 0 Å². The van der Waals surface area contributed by atoms with Crippen LogP contribution in [-0.2, 0) is 0 Å². The van der Waals surface area contributed by atoms with Crippen LogP contribution in [-0.4, -0.2) is 24.8 Å². The molecule has 1 heterocycles. The van der Waals surface area contributed by atoms with Gasteiger partial charge in [0.15, 0.2) is 0 Å². The van der Waals surface area contributed by atoms with Crippen LogP contribution < -0.4 is 4.90 Å². The molecule has 3 heteroatoms. The largest absolute Gasteiger partial charge is 0.396 e. The second-order valence-corrected chi connectivity index (χ2v) is 5.54. The maximum absolute atomic E-state index is 13.2. The molecule has 0 radical (unpaired) electrons. The molecular weight excluding hydrogens is 217 g/mol. The van der Waals surface area contributed by atoms with Crippen LogP contribution >= 0.6 is 0 Å². The van der Waals surface area contributed by atoms with Crippen LogP contribution in [0.2, 0.25) is 0 Å². The van der Waals surface area contributed by atoms with Crippen LogP contribution in [0.1, 0.15) is 20.3 Å². The summed E-state index contributed by atoms with van der Waals surface area (Å²) in [5.41, 5.74) is 1.08. The third-order valence-corrected chi connectivity index (χ3v) is 3.97. The van der Waals surface area contributed by atoms with E-state index < -0.39 is 0 Å². The molecule has 2 nitrogen and oxygen atoms in total. The summed E-state index contributed by atoms with van der Waals surface area (Å²) in [6, 6.07) is 6.68. The Morgan fingerprint density at radius 3 is 2.88 bits per heavy atom. The first-order valence-corrected chi connectivity index (χ1v) is 6.14. The Balaban J connectivity index is 2.15. The lowest BCUT2D eigenvalue weighted by Gasteiger charge is -2.44. The van der Waals surface area contributed by atoms with E-state index in [1.54, 1.807) is 12.1 Å². The highest BCUT2D eigenvalue weighted by molar-refractivity contribution is 5.47. The van der Waals surface area contributed by atoms with Crippen molar-refractivity contribution in [2.45, 2.75) is 20.3 Å². The number of aliphatic hydroxyl groups is 1. The lowest BCUT2D eigenvalue weighted by atomic mass is 9.73. The Bertz CT molecular complexity index is 392. The molecule has 2 rings (SSSR count). The van der Waals surface area contributed by atoms with Gasteiger partial charge in [0.25, 0.3) is 0 Å². The quantitative estimate of drug-likeness (QED) is 0.854. The lowest BCUT2D eigenvalue weighted by molar-refractivity contribution is 0.0967. The molecule has 0 aliphatic carbocycles. The van der Waals surface area contributed by atoms with E-state index in [4.69, 9.17) is 0 Å². The highest BCUT2D eigenvalue weighted by Gasteiger charge is 2.35. The molecule has 1 fully saturated rings. The molecule has 1 aliphatic rings. The van der Waals surface area contributed by atoms with Crippen LogP contribution in [0.5, 0.6) is 0 Å². The second-order valence-electron chi connectivity index (χ2n) is 5.54. The second kappa shape index (κ2) is 4.65. The van der Waals surface area contributed by atoms with Gasteiger partial charge in [0.1, 0.15) is 5.82 Å². The molecule has 94 valence electrons. The lowest BCUT2D eigenvalue weighted by Crippen LogP contribution is -2.46. The first-order valence-electron chi connectivity index (χ1n) is 6.14. The molecule has 0 amide bonds. The first kappa shape index (κ1) is 12.4. The van der Waals surface area contributed by atoms with Gasteiger partial charge in [-0.1, -0.05) is 19.9 Å². The maximum atomic E-state index is 13.2. The van der Waals surface area contributed by atoms with Crippen molar-refractivity contribution in [1.29, 1.82) is 0 Å². The monoisotopic (exact) mass is 237 g/mol. The van der Waals surface area contributed by atoms with Crippen LogP contribution in [0.15, 0.2) is 24.3 Å². The fourth-order valence-electron chi connectivity index (χ4n) is 2.44. The highest BCUT2D eigenvalue weighted by atomic mass is 19.1. The Hall–Kier alpha value is -1.09. The topological polar surface area (TPSA) is 23.5 Å². The van der Waals surface area contributed by atoms with Gasteiger partial charge in [-0.3, -0.25) is 0 Å². The van der Waals surface area contributed by atoms with Gasteiger partial charge in [0.05, 0.1) is 0 Å². The predicted octanol–water partition coefficient (Wildman–Crippen LogP) is 2.67. The van der Waals surface area contributed by atoms with Crippen molar-refractivity contribution in [3.63, 3.8) is 0 Å². The fourth-order valence-corrected chi connectivity index (χ4v) is 2.44. The molecule has 1 aliphatic heterocycles. The zero-order valence-corrected chi connectivity index (χ0v) is 10.5. The van der Waals surface area contributed by atoms with Gasteiger partial charge < -0.3 is 10.0 Å². The SMILES string of the molecule is CC1(C)CCN(c2cccc(F)c2)CC1CO. The first-order chi connectivity index (χ1) is 8.03. The zero-order chi connectivity index (χ0) is 12.5. The number of aliphatic hydroxyl groups excluding tert-OH is 1. The molecule has 1 aromatic rings. The van der Waals surface area contributed by atoms with E-state index in [1.807, 2.05) is 6.07 Å². The summed E-state index contributed by atoms with van der Waals surface area (Å²) < 4.78 is 13.2. The molecular formula is C14H20FNO. The van der Waals surface area contributed by atoms with E-state index in [9.17, 15) is 9.50 Å². The van der Waals surface area contributed by atoms with Gasteiger partial charge in [-0.05, 0) is 30.0 Å². The van der Waals surface area contributed by atoms with Crippen molar-refractivity contribution in [2.75, 3.05) is 24.6 Å². The minimum Gasteiger partial charge on any atom is -0.396 e. The number of piperidine rings is 1. The van der Waals surface area contributed by atoms with E-state index in [2.05, 4.69) is 18.7 Å². The summed E-state index contributed by atoms with van der Waals surface area (Å²) in [7, 11) is 0. The molecule has 1 saturated heterocycles. The van der Waals surface area contributed by atoms with E-state index in [0.29, 0.717) is 0 Å². The standard InChI is InChI=1S/C14H20FNO/c1-14(2)6-7-16(9-11(14)10-17)13-5-3-4-12(15)8-13/h3-5,8,11,17H,6-7,9-10H2,1-2H3. The van der Waals surface area contributed by atoms with Gasteiger partial charge in [-0.2, -0.15) is 0 Å². The number of benzene rings is 1. The summed E-state index contributed by atoms with van der Waals surface area (Å²) >= 11 is 0. The number of hydrogen-bond donors (Lipinski definition) is 1. The summed E-state index contributed by atoms with van der Waals surface area (Å²) in [5.74, 6) is 0.0485. The van der Waals surface area contributed by atoms with Gasteiger partial charge >= 0.3 is 0 Å². The summed E-state index contributed by atoms with van der Waals surface area (Å²) in [6.07, 6.45) is 1.02. The molecule has 17 heavy (non-hydrogen) atoms. The predicted molar refractivity (Wildman–Crippen MR) is 67.6 cm³/mol. The fraction of sp³-hybridized carbons (Fsp3) is 0.571. The van der Waals surface area contributed by atoms with E-state index in [0.717, 1.165) is 25.2 Å². The smallest absolute Gasteiger partial charge is 0.125 e. The third-order valence-electron chi connectivity index (χ3n) is 3.97. The van der Waals surface area contributed by atoms with Gasteiger partial charge in [-0.25, -0.2) is 4.39 Å². The molecule has 1 atom stereocenters. The molecule has 1 unspecified atom stereocenters. The molecule has 0 spiro atoms. The molecule has 0 saturated carbocycles. The zero-order valence-electron chi connectivity index (χ0n) is 10.5. The third kappa shape index (κ3) is 2.60. The Morgan fingerprint density at radius 1 is 1.47 bits per heavy atom. The molecule has 0 bridgehead atoms. The van der Waals surface area contributed by atoms with E-state index in [-0.39, 0.29) is 23.8 Å². The molecule has 0 aromatic heterocycles. The average molecular weight is 237 g/mol. The van der Waals surface area contributed by atoms with E-state index >= 15 is 0 Å². The average Bonchev–Trinajstić information content (AvgIpc) is 2.28. The van der Waals surface area contributed by atoms with Crippen molar-refractivity contribution in [3.05, 3.63) is 30.1 Å². The Kier molecular flexibility index (Phi) is 3.38. The van der Waals surface area contributed by atoms with Crippen LogP contribution in [0, 0.1) is 17.2 Å². The number of hydrogen-bond acceptors (Lipinski definition) is 2. The minimum absolute atomic E-state index is 0.165. The number of rotatable bonds is 2. The van der Waals surface area contributed by atoms with Crippen molar-refractivity contribution in [2.24, 2.45) is 11.3 Å². The van der Waals surface area contributed by atoms with Crippen molar-refractivity contribution >= 4 is 5.69 Å². The van der Waals surface area contributed by atoms with E-state index in [1.165, 1.54) is 6.07 Å². The van der Waals surface area contributed by atoms with Gasteiger partial charge in [0.2, 0.25) is 0 Å². The number of nitrogens with zero attached hydrogens (tertiary/aromatic N) is 1. The summed E-state index contributed by atoms with van der Waals surface area (Å²) in [5, 5.41) is 9.45. The summed E-state index contributed by atoms with van der Waals surface area (Å²) in [4.78, 5) is 2.16. The van der Waals surface area contributed by atoms with Crippen LogP contribution in [0.3, 0.4) is 0 Å².